The van der Waals surface area contributed by atoms with E-state index < -0.39 is 0 Å². The van der Waals surface area contributed by atoms with Gasteiger partial charge < -0.3 is 4.90 Å². The first-order valence-corrected chi connectivity index (χ1v) is 14.4. The molecule has 0 unspecified atom stereocenters. The van der Waals surface area contributed by atoms with E-state index in [1.165, 1.54) is 22.6 Å². The van der Waals surface area contributed by atoms with E-state index in [1.54, 1.807) is 0 Å². The van der Waals surface area contributed by atoms with Crippen molar-refractivity contribution in [2.24, 2.45) is 0 Å². The van der Waals surface area contributed by atoms with E-state index in [2.05, 4.69) is 85.7 Å². The van der Waals surface area contributed by atoms with Crippen LogP contribution in [0, 0.1) is 0 Å². The highest BCUT2D eigenvalue weighted by atomic mass is 35.5. The molecular formula is C32H38Cl3N2+. The minimum Gasteiger partial charge on any atom is -0.372 e. The van der Waals surface area contributed by atoms with E-state index in [0.29, 0.717) is 0 Å². The molecule has 0 saturated heterocycles. The van der Waals surface area contributed by atoms with Crippen LogP contribution in [-0.2, 0) is 0 Å². The average Bonchev–Trinajstić information content (AvgIpc) is 2.91. The largest absolute Gasteiger partial charge is 0.372 e. The fourth-order valence-corrected chi connectivity index (χ4v) is 5.27. The van der Waals surface area contributed by atoms with Crippen LogP contribution >= 0.6 is 34.8 Å². The van der Waals surface area contributed by atoms with Crippen LogP contribution in [0.3, 0.4) is 0 Å². The van der Waals surface area contributed by atoms with Crippen LogP contribution < -0.4 is 0 Å². The Balaban J connectivity index is 1.99. The van der Waals surface area contributed by atoms with E-state index in [-0.39, 0.29) is 0 Å². The van der Waals surface area contributed by atoms with E-state index in [0.717, 1.165) is 71.6 Å². The normalized spacial score (nSPS) is 15.5. The molecule has 2 aromatic carbocycles. The molecule has 1 aliphatic rings. The smallest absolute Gasteiger partial charge is 0.207 e. The molecule has 0 aromatic heterocycles. The lowest BCUT2D eigenvalue weighted by Crippen LogP contribution is -2.21. The Hall–Kier alpha value is -2.26. The Morgan fingerprint density at radius 1 is 0.811 bits per heavy atom. The van der Waals surface area contributed by atoms with Crippen LogP contribution in [-0.4, -0.2) is 41.4 Å². The Morgan fingerprint density at radius 3 is 1.92 bits per heavy atom. The van der Waals surface area contributed by atoms with Gasteiger partial charge in [0.15, 0.2) is 0 Å². The zero-order valence-corrected chi connectivity index (χ0v) is 24.7. The van der Waals surface area contributed by atoms with Crippen LogP contribution in [0.15, 0.2) is 89.0 Å². The van der Waals surface area contributed by atoms with Crippen LogP contribution in [0.2, 0.25) is 10.0 Å². The van der Waals surface area contributed by atoms with E-state index in [1.807, 2.05) is 24.3 Å². The quantitative estimate of drug-likeness (QED) is 0.209. The number of allylic oxidation sites excluding steroid dienone is 7. The maximum absolute atomic E-state index is 7.00. The fraction of sp³-hybridized carbons (Fsp3) is 0.344. The van der Waals surface area contributed by atoms with Crippen molar-refractivity contribution in [1.82, 2.24) is 4.90 Å². The third-order valence-corrected chi connectivity index (χ3v) is 7.82. The second kappa shape index (κ2) is 14.6. The van der Waals surface area contributed by atoms with Gasteiger partial charge in [0, 0.05) is 45.5 Å². The van der Waals surface area contributed by atoms with E-state index in [4.69, 9.17) is 34.8 Å². The second-order valence-electron chi connectivity index (χ2n) is 9.01. The van der Waals surface area contributed by atoms with Crippen LogP contribution in [0.1, 0.15) is 58.1 Å². The van der Waals surface area contributed by atoms with Crippen LogP contribution in [0.4, 0.5) is 0 Å². The molecular weight excluding hydrogens is 519 g/mol. The summed E-state index contributed by atoms with van der Waals surface area (Å²) in [5, 5.41) is 2.36. The second-order valence-corrected chi connectivity index (χ2v) is 10.3. The summed E-state index contributed by atoms with van der Waals surface area (Å²) in [4.78, 5) is 2.36. The first-order chi connectivity index (χ1) is 17.9. The molecule has 0 fully saturated rings. The number of hydrogen-bond donors (Lipinski definition) is 0. The molecule has 0 spiro atoms. The highest BCUT2D eigenvalue weighted by Crippen LogP contribution is 2.34. The topological polar surface area (TPSA) is 6.25 Å². The molecule has 3 rings (SSSR count). The van der Waals surface area contributed by atoms with Gasteiger partial charge in [-0.25, -0.2) is 4.58 Å². The Kier molecular flexibility index (Phi) is 11.6. The SMILES string of the molecule is CCN(CC)/C(=C\C=C1\CCCC(/C=C/C(c2ccc(Cl)cc2)=[N+](CC)CC)=C1Cl)c1ccc(Cl)cc1. The Morgan fingerprint density at radius 2 is 1.38 bits per heavy atom. The van der Waals surface area contributed by atoms with Crippen molar-refractivity contribution < 1.29 is 4.58 Å². The fourth-order valence-electron chi connectivity index (χ4n) is 4.71. The van der Waals surface area contributed by atoms with E-state index >= 15 is 0 Å². The number of nitrogens with zero attached hydrogens (tertiary/aromatic N) is 2. The molecule has 0 atom stereocenters. The molecule has 0 amide bonds. The Bertz CT molecular complexity index is 1190. The van der Waals surface area contributed by atoms with Crippen molar-refractivity contribution >= 4 is 46.2 Å². The number of hydrogen-bond acceptors (Lipinski definition) is 1. The van der Waals surface area contributed by atoms with Gasteiger partial charge in [-0.2, -0.15) is 0 Å². The average molecular weight is 557 g/mol. The van der Waals surface area contributed by atoms with Gasteiger partial charge in [-0.05, 0) is 106 Å². The monoisotopic (exact) mass is 555 g/mol. The minimum absolute atomic E-state index is 0.746. The third kappa shape index (κ3) is 7.87. The van der Waals surface area contributed by atoms with Crippen molar-refractivity contribution in [3.8, 4) is 0 Å². The third-order valence-electron chi connectivity index (χ3n) is 6.83. The Labute approximate surface area is 238 Å². The van der Waals surface area contributed by atoms with E-state index in [9.17, 15) is 0 Å². The first-order valence-electron chi connectivity index (χ1n) is 13.3. The maximum atomic E-state index is 7.00. The van der Waals surface area contributed by atoms with Gasteiger partial charge in [0.1, 0.15) is 13.1 Å². The molecule has 0 heterocycles. The predicted octanol–water partition coefficient (Wildman–Crippen LogP) is 9.38. The van der Waals surface area contributed by atoms with Crippen LogP contribution in [0.5, 0.6) is 0 Å². The van der Waals surface area contributed by atoms with Crippen molar-refractivity contribution in [2.75, 3.05) is 26.2 Å². The summed E-state index contributed by atoms with van der Waals surface area (Å²) in [5.74, 6) is 0. The zero-order valence-electron chi connectivity index (χ0n) is 22.4. The molecule has 0 aliphatic heterocycles. The molecule has 0 N–H and O–H groups in total. The highest BCUT2D eigenvalue weighted by Gasteiger charge is 2.17. The van der Waals surface area contributed by atoms with Gasteiger partial charge in [0.25, 0.3) is 0 Å². The molecule has 2 nitrogen and oxygen atoms in total. The van der Waals surface area contributed by atoms with Crippen LogP contribution in [0.25, 0.3) is 5.70 Å². The number of halogens is 3. The molecule has 196 valence electrons. The summed E-state index contributed by atoms with van der Waals surface area (Å²) in [5.41, 5.74) is 7.04. The maximum Gasteiger partial charge on any atom is 0.207 e. The molecule has 37 heavy (non-hydrogen) atoms. The lowest BCUT2D eigenvalue weighted by molar-refractivity contribution is -0.519. The van der Waals surface area contributed by atoms with Crippen molar-refractivity contribution in [3.05, 3.63) is 110 Å². The van der Waals surface area contributed by atoms with Gasteiger partial charge in [-0.3, -0.25) is 0 Å². The molecule has 5 heteroatoms. The van der Waals surface area contributed by atoms with Gasteiger partial charge in [-0.15, -0.1) is 0 Å². The lowest BCUT2D eigenvalue weighted by Gasteiger charge is -2.25. The summed E-state index contributed by atoms with van der Waals surface area (Å²) in [6, 6.07) is 16.1. The summed E-state index contributed by atoms with van der Waals surface area (Å²) >= 11 is 19.3. The van der Waals surface area contributed by atoms with Gasteiger partial charge in [0.05, 0.1) is 0 Å². The standard InChI is InChI=1S/C32H38Cl3N2/c1-5-36(6-2)30(24-12-18-28(33)19-13-24)22-16-26-10-9-11-27(32(26)35)17-23-31(37(7-3)8-4)25-14-20-29(34)21-15-25/h12-23H,5-11H2,1-4H3/q+1. The van der Waals surface area contributed by atoms with Crippen molar-refractivity contribution in [3.63, 3.8) is 0 Å². The van der Waals surface area contributed by atoms with Gasteiger partial charge in [0.2, 0.25) is 5.71 Å². The summed E-state index contributed by atoms with van der Waals surface area (Å²) < 4.78 is 2.36. The summed E-state index contributed by atoms with van der Waals surface area (Å²) in [7, 11) is 0. The number of rotatable bonds is 10. The van der Waals surface area contributed by atoms with Crippen molar-refractivity contribution in [2.45, 2.75) is 47.0 Å². The molecule has 0 saturated carbocycles. The first kappa shape index (κ1) is 29.3. The minimum atomic E-state index is 0.746. The zero-order chi connectivity index (χ0) is 26.8. The highest BCUT2D eigenvalue weighted by molar-refractivity contribution is 6.32. The lowest BCUT2D eigenvalue weighted by atomic mass is 9.93. The van der Waals surface area contributed by atoms with Gasteiger partial charge in [-0.1, -0.05) is 59.1 Å². The summed E-state index contributed by atoms with van der Waals surface area (Å²) in [6.45, 7) is 12.5. The molecule has 0 bridgehead atoms. The molecule has 1 aliphatic carbocycles. The molecule has 0 radical (unpaired) electrons. The number of benzene rings is 2. The predicted molar refractivity (Wildman–Crippen MR) is 163 cm³/mol. The van der Waals surface area contributed by atoms with Gasteiger partial charge >= 0.3 is 0 Å². The molecule has 2 aromatic rings. The van der Waals surface area contributed by atoms with Crippen molar-refractivity contribution in [1.29, 1.82) is 0 Å². The summed E-state index contributed by atoms with van der Waals surface area (Å²) in [6.07, 6.45) is 11.9.